The number of carbonyl (C=O) groups excluding carboxylic acids is 1. The Hall–Kier alpha value is -2.81. The Morgan fingerprint density at radius 1 is 1.22 bits per heavy atom. The Morgan fingerprint density at radius 3 is 2.47 bits per heavy atom. The summed E-state index contributed by atoms with van der Waals surface area (Å²) in [6.45, 7) is 4.95. The molecule has 2 N–H and O–H groups in total. The molecule has 8 nitrogen and oxygen atoms in total. The molecular weight excluding hydrogens is 430 g/mol. The molecular formula is C23H27N3O5S. The zero-order valence-corrected chi connectivity index (χ0v) is 19.3. The zero-order chi connectivity index (χ0) is 23.1. The second kappa shape index (κ2) is 8.27. The standard InChI is InChI=1S/C23H27N3O5S/c1-14(27)31-13-23(10-4-11-23)26-20-18-17(9-12-32(18)30)24-19(25-20)15-5-7-16(8-6-15)22(2,3)21(28)29/h5-8H,4,9-13H2,1-3H3,(H,28,29)(H,24,25,26)/t32-/m1/s1. The van der Waals surface area contributed by atoms with Gasteiger partial charge in [-0.15, -0.1) is 0 Å². The van der Waals surface area contributed by atoms with Gasteiger partial charge in [0.1, 0.15) is 17.3 Å². The number of hydrogen-bond donors (Lipinski definition) is 2. The molecule has 1 aromatic carbocycles. The van der Waals surface area contributed by atoms with Crippen LogP contribution in [0.2, 0.25) is 0 Å². The van der Waals surface area contributed by atoms with Crippen LogP contribution in [0.1, 0.15) is 51.3 Å². The number of anilines is 1. The number of aromatic nitrogens is 2. The Balaban J connectivity index is 1.69. The first-order valence-corrected chi connectivity index (χ1v) is 12.0. The predicted octanol–water partition coefficient (Wildman–Crippen LogP) is 3.07. The van der Waals surface area contributed by atoms with Gasteiger partial charge in [0.2, 0.25) is 0 Å². The number of rotatable bonds is 7. The van der Waals surface area contributed by atoms with Gasteiger partial charge in [-0.25, -0.2) is 9.97 Å². The van der Waals surface area contributed by atoms with Gasteiger partial charge in [-0.1, -0.05) is 24.3 Å². The monoisotopic (exact) mass is 457 g/mol. The third-order valence-corrected chi connectivity index (χ3v) is 7.79. The van der Waals surface area contributed by atoms with Crippen molar-refractivity contribution in [3.05, 3.63) is 35.5 Å². The van der Waals surface area contributed by atoms with E-state index in [4.69, 9.17) is 9.72 Å². The van der Waals surface area contributed by atoms with Gasteiger partial charge in [0, 0.05) is 24.7 Å². The third kappa shape index (κ3) is 4.13. The van der Waals surface area contributed by atoms with Crippen molar-refractivity contribution in [1.82, 2.24) is 9.97 Å². The molecule has 2 aromatic rings. The third-order valence-electron chi connectivity index (χ3n) is 6.33. The van der Waals surface area contributed by atoms with Gasteiger partial charge >= 0.3 is 11.9 Å². The number of benzene rings is 1. The average Bonchev–Trinajstić information content (AvgIpc) is 3.10. The highest BCUT2D eigenvalue weighted by Crippen LogP contribution is 2.39. The first-order valence-electron chi connectivity index (χ1n) is 10.7. The molecule has 0 amide bonds. The molecule has 0 spiro atoms. The van der Waals surface area contributed by atoms with Crippen molar-refractivity contribution in [2.75, 3.05) is 17.7 Å². The van der Waals surface area contributed by atoms with E-state index < -0.39 is 27.7 Å². The number of aryl methyl sites for hydroxylation is 1. The lowest BCUT2D eigenvalue weighted by molar-refractivity contribution is -0.144. The quantitative estimate of drug-likeness (QED) is 0.609. The molecule has 1 fully saturated rings. The molecule has 1 aromatic heterocycles. The highest BCUT2D eigenvalue weighted by atomic mass is 32.2. The second-order valence-electron chi connectivity index (χ2n) is 9.02. The van der Waals surface area contributed by atoms with Crippen LogP contribution in [0.15, 0.2) is 29.2 Å². The molecule has 1 atom stereocenters. The Morgan fingerprint density at radius 2 is 1.91 bits per heavy atom. The summed E-state index contributed by atoms with van der Waals surface area (Å²) in [5.74, 6) is 0.297. The van der Waals surface area contributed by atoms with Crippen molar-refractivity contribution < 1.29 is 23.6 Å². The minimum absolute atomic E-state index is 0.238. The number of aliphatic carboxylic acids is 1. The molecule has 1 aliphatic heterocycles. The fourth-order valence-electron chi connectivity index (χ4n) is 3.97. The van der Waals surface area contributed by atoms with Crippen LogP contribution in [-0.4, -0.2) is 49.1 Å². The smallest absolute Gasteiger partial charge is 0.313 e. The molecule has 2 heterocycles. The summed E-state index contributed by atoms with van der Waals surface area (Å²) >= 11 is 0. The van der Waals surface area contributed by atoms with Gasteiger partial charge in [-0.05, 0) is 38.7 Å². The normalized spacial score (nSPS) is 19.0. The minimum atomic E-state index is -1.18. The lowest BCUT2D eigenvalue weighted by atomic mass is 9.77. The summed E-state index contributed by atoms with van der Waals surface area (Å²) < 4.78 is 17.9. The van der Waals surface area contributed by atoms with Crippen LogP contribution < -0.4 is 5.32 Å². The summed E-state index contributed by atoms with van der Waals surface area (Å²) in [6.07, 6.45) is 3.28. The maximum absolute atomic E-state index is 12.7. The summed E-state index contributed by atoms with van der Waals surface area (Å²) in [6, 6.07) is 7.18. The van der Waals surface area contributed by atoms with Gasteiger partial charge in [0.15, 0.2) is 5.82 Å². The highest BCUT2D eigenvalue weighted by Gasteiger charge is 2.40. The van der Waals surface area contributed by atoms with Crippen molar-refractivity contribution in [3.63, 3.8) is 0 Å². The second-order valence-corrected chi connectivity index (χ2v) is 10.5. The van der Waals surface area contributed by atoms with Gasteiger partial charge in [-0.3, -0.25) is 13.8 Å². The van der Waals surface area contributed by atoms with Gasteiger partial charge in [0.05, 0.1) is 27.4 Å². The fraction of sp³-hybridized carbons (Fsp3) is 0.478. The van der Waals surface area contributed by atoms with Crippen LogP contribution in [0.25, 0.3) is 11.4 Å². The molecule has 0 saturated heterocycles. The van der Waals surface area contributed by atoms with Crippen LogP contribution in [-0.2, 0) is 37.0 Å². The van der Waals surface area contributed by atoms with Crippen molar-refractivity contribution in [3.8, 4) is 11.4 Å². The van der Waals surface area contributed by atoms with Crippen LogP contribution >= 0.6 is 0 Å². The van der Waals surface area contributed by atoms with E-state index in [0.29, 0.717) is 34.3 Å². The molecule has 1 aliphatic carbocycles. The summed E-state index contributed by atoms with van der Waals surface area (Å²) in [5.41, 5.74) is 0.777. The van der Waals surface area contributed by atoms with Crippen molar-refractivity contribution in [2.45, 2.75) is 62.3 Å². The maximum atomic E-state index is 12.7. The van der Waals surface area contributed by atoms with Crippen LogP contribution in [0.5, 0.6) is 0 Å². The minimum Gasteiger partial charge on any atom is -0.481 e. The molecule has 9 heteroatoms. The van der Waals surface area contributed by atoms with Crippen molar-refractivity contribution in [2.24, 2.45) is 0 Å². The number of ether oxygens (including phenoxy) is 1. The van der Waals surface area contributed by atoms with Gasteiger partial charge < -0.3 is 15.2 Å². The lowest BCUT2D eigenvalue weighted by Crippen LogP contribution is -2.50. The van der Waals surface area contributed by atoms with E-state index in [1.54, 1.807) is 26.0 Å². The molecule has 1 saturated carbocycles. The van der Waals surface area contributed by atoms with Crippen LogP contribution in [0, 0.1) is 0 Å². The Kier molecular flexibility index (Phi) is 5.79. The van der Waals surface area contributed by atoms with E-state index in [1.807, 2.05) is 12.1 Å². The van der Waals surface area contributed by atoms with Gasteiger partial charge in [0.25, 0.3) is 0 Å². The van der Waals surface area contributed by atoms with E-state index in [-0.39, 0.29) is 12.6 Å². The number of nitrogens with zero attached hydrogens (tertiary/aromatic N) is 2. The fourth-order valence-corrected chi connectivity index (χ4v) is 5.28. The number of fused-ring (bicyclic) bond motifs is 1. The molecule has 170 valence electrons. The summed E-state index contributed by atoms with van der Waals surface area (Å²) in [7, 11) is -1.18. The van der Waals surface area contributed by atoms with Crippen LogP contribution in [0.4, 0.5) is 5.82 Å². The Labute approximate surface area is 189 Å². The number of carbonyl (C=O) groups is 2. The Bertz CT molecular complexity index is 1090. The van der Waals surface area contributed by atoms with Gasteiger partial charge in [-0.2, -0.15) is 0 Å². The number of nitrogens with one attached hydrogen (secondary N) is 1. The van der Waals surface area contributed by atoms with E-state index >= 15 is 0 Å². The zero-order valence-electron chi connectivity index (χ0n) is 18.4. The number of esters is 1. The maximum Gasteiger partial charge on any atom is 0.313 e. The predicted molar refractivity (Wildman–Crippen MR) is 120 cm³/mol. The first-order chi connectivity index (χ1) is 15.1. The first kappa shape index (κ1) is 22.4. The number of hydrogen-bond acceptors (Lipinski definition) is 7. The topological polar surface area (TPSA) is 118 Å². The molecule has 2 aliphatic rings. The van der Waals surface area contributed by atoms with E-state index in [0.717, 1.165) is 30.5 Å². The molecule has 0 unspecified atom stereocenters. The number of carboxylic acid groups (broad SMARTS) is 1. The van der Waals surface area contributed by atoms with E-state index in [1.165, 1.54) is 6.92 Å². The molecule has 4 rings (SSSR count). The summed E-state index contributed by atoms with van der Waals surface area (Å²) in [4.78, 5) is 32.9. The average molecular weight is 458 g/mol. The largest absolute Gasteiger partial charge is 0.481 e. The van der Waals surface area contributed by atoms with E-state index in [9.17, 15) is 18.9 Å². The highest BCUT2D eigenvalue weighted by molar-refractivity contribution is 7.85. The molecule has 0 bridgehead atoms. The van der Waals surface area contributed by atoms with E-state index in [2.05, 4.69) is 10.3 Å². The number of carboxylic acids is 1. The summed E-state index contributed by atoms with van der Waals surface area (Å²) in [5, 5.41) is 12.9. The molecule has 0 radical (unpaired) electrons. The lowest BCUT2D eigenvalue weighted by Gasteiger charge is -2.42. The van der Waals surface area contributed by atoms with Crippen molar-refractivity contribution >= 4 is 28.6 Å². The van der Waals surface area contributed by atoms with Crippen molar-refractivity contribution in [1.29, 1.82) is 0 Å². The SMILES string of the molecule is CC(=O)OCC1(Nc2nc(-c3ccc(C(C)(C)C(=O)O)cc3)nc3c2[S@](=O)CC3)CCC1. The van der Waals surface area contributed by atoms with Crippen LogP contribution in [0.3, 0.4) is 0 Å². The molecule has 32 heavy (non-hydrogen) atoms.